The number of halogens is 2. The maximum Gasteiger partial charge on any atom is 0.125 e. The van der Waals surface area contributed by atoms with Gasteiger partial charge in [0.2, 0.25) is 0 Å². The fourth-order valence-electron chi connectivity index (χ4n) is 3.40. The first-order chi connectivity index (χ1) is 14.0. The summed E-state index contributed by atoms with van der Waals surface area (Å²) >= 11 is 5.99. The molecule has 2 aromatic carbocycles. The number of hydrogen-bond acceptors (Lipinski definition) is 3. The summed E-state index contributed by atoms with van der Waals surface area (Å²) < 4.78 is 15.3. The second kappa shape index (κ2) is 8.19. The lowest BCUT2D eigenvalue weighted by molar-refractivity contribution is 0.572. The van der Waals surface area contributed by atoms with Crippen molar-refractivity contribution in [3.8, 4) is 16.9 Å². The van der Waals surface area contributed by atoms with Crippen LogP contribution in [0, 0.1) is 12.7 Å². The Balaban J connectivity index is 1.50. The second-order valence-electron chi connectivity index (χ2n) is 6.96. The maximum atomic E-state index is 13.6. The lowest BCUT2D eigenvalue weighted by Crippen LogP contribution is -2.18. The van der Waals surface area contributed by atoms with Gasteiger partial charge >= 0.3 is 0 Å². The molecule has 0 amide bonds. The van der Waals surface area contributed by atoms with E-state index in [0.29, 0.717) is 17.3 Å². The summed E-state index contributed by atoms with van der Waals surface area (Å²) in [7, 11) is 0. The van der Waals surface area contributed by atoms with E-state index in [-0.39, 0.29) is 11.9 Å². The Kier molecular flexibility index (Phi) is 5.47. The van der Waals surface area contributed by atoms with Crippen LogP contribution >= 0.6 is 11.6 Å². The van der Waals surface area contributed by atoms with Gasteiger partial charge in [-0.05, 0) is 49.7 Å². The van der Waals surface area contributed by atoms with Crippen LogP contribution < -0.4 is 5.32 Å². The minimum atomic E-state index is -0.278. The highest BCUT2D eigenvalue weighted by molar-refractivity contribution is 6.30. The number of nitrogens with one attached hydrogen (secondary N) is 2. The molecule has 2 aromatic heterocycles. The molecule has 0 fully saturated rings. The molecule has 0 aliphatic heterocycles. The number of nitrogens with zero attached hydrogens (tertiary/aromatic N) is 3. The van der Waals surface area contributed by atoms with Gasteiger partial charge in [0.25, 0.3) is 0 Å². The van der Waals surface area contributed by atoms with E-state index in [4.69, 9.17) is 11.6 Å². The van der Waals surface area contributed by atoms with Crippen molar-refractivity contribution in [3.63, 3.8) is 0 Å². The van der Waals surface area contributed by atoms with Crippen molar-refractivity contribution >= 4 is 11.6 Å². The lowest BCUT2D eigenvalue weighted by atomic mass is 10.1. The minimum absolute atomic E-state index is 0.0604. The Morgan fingerprint density at radius 3 is 2.72 bits per heavy atom. The predicted molar refractivity (Wildman–Crippen MR) is 113 cm³/mol. The molecule has 148 valence electrons. The molecule has 1 unspecified atom stereocenters. The molecule has 0 aliphatic rings. The molecule has 7 heteroatoms. The van der Waals surface area contributed by atoms with Crippen LogP contribution in [-0.2, 0) is 6.54 Å². The highest BCUT2D eigenvalue weighted by atomic mass is 35.5. The van der Waals surface area contributed by atoms with Crippen LogP contribution in [0.1, 0.15) is 29.8 Å². The molecule has 4 rings (SSSR count). The van der Waals surface area contributed by atoms with Crippen molar-refractivity contribution < 1.29 is 4.39 Å². The number of H-pyrrole nitrogens is 1. The summed E-state index contributed by atoms with van der Waals surface area (Å²) in [6.07, 6.45) is 3.65. The van der Waals surface area contributed by atoms with E-state index < -0.39 is 0 Å². The van der Waals surface area contributed by atoms with Crippen molar-refractivity contribution in [3.05, 3.63) is 88.6 Å². The first-order valence-electron chi connectivity index (χ1n) is 9.35. The largest absolute Gasteiger partial charge is 0.306 e. The third kappa shape index (κ3) is 4.09. The molecule has 1 atom stereocenters. The van der Waals surface area contributed by atoms with Crippen LogP contribution in [0.25, 0.3) is 16.9 Å². The highest BCUT2D eigenvalue weighted by Crippen LogP contribution is 2.25. The van der Waals surface area contributed by atoms with Crippen molar-refractivity contribution in [1.29, 1.82) is 0 Å². The molecule has 0 radical (unpaired) electrons. The van der Waals surface area contributed by atoms with Crippen molar-refractivity contribution in [1.82, 2.24) is 25.3 Å². The van der Waals surface area contributed by atoms with Gasteiger partial charge in [-0.3, -0.25) is 5.10 Å². The Morgan fingerprint density at radius 1 is 1.17 bits per heavy atom. The molecule has 29 heavy (non-hydrogen) atoms. The summed E-state index contributed by atoms with van der Waals surface area (Å²) in [6, 6.07) is 14.2. The zero-order chi connectivity index (χ0) is 20.4. The molecule has 4 aromatic rings. The lowest BCUT2D eigenvalue weighted by Gasteiger charge is -2.14. The van der Waals surface area contributed by atoms with Gasteiger partial charge in [0.15, 0.2) is 0 Å². The van der Waals surface area contributed by atoms with E-state index in [1.807, 2.05) is 49.6 Å². The fraction of sp³-hybridized carbons (Fsp3) is 0.182. The third-order valence-corrected chi connectivity index (χ3v) is 5.27. The van der Waals surface area contributed by atoms with Gasteiger partial charge in [-0.2, -0.15) is 10.2 Å². The van der Waals surface area contributed by atoms with Gasteiger partial charge in [0, 0.05) is 34.4 Å². The Morgan fingerprint density at radius 2 is 1.97 bits per heavy atom. The standard InChI is InChI=1S/C22H21ClFN5/c1-14(21-13-27-29(15(21)2)20-5-3-4-19(24)10-20)25-11-17-12-26-28-22(17)16-6-8-18(23)9-7-16/h3-10,12-14,25H,11H2,1-2H3,(H,26,28). The van der Waals surface area contributed by atoms with Crippen LogP contribution in [0.2, 0.25) is 5.02 Å². The van der Waals surface area contributed by atoms with E-state index in [9.17, 15) is 4.39 Å². The summed E-state index contributed by atoms with van der Waals surface area (Å²) in [6.45, 7) is 4.71. The van der Waals surface area contributed by atoms with Crippen LogP contribution in [0.4, 0.5) is 4.39 Å². The highest BCUT2D eigenvalue weighted by Gasteiger charge is 2.16. The molecule has 0 bridgehead atoms. The monoisotopic (exact) mass is 409 g/mol. The van der Waals surface area contributed by atoms with Crippen molar-refractivity contribution in [2.75, 3.05) is 0 Å². The average molecular weight is 410 g/mol. The van der Waals surface area contributed by atoms with Crippen LogP contribution in [0.15, 0.2) is 60.9 Å². The van der Waals surface area contributed by atoms with E-state index in [0.717, 1.165) is 28.1 Å². The van der Waals surface area contributed by atoms with E-state index >= 15 is 0 Å². The zero-order valence-corrected chi connectivity index (χ0v) is 16.9. The molecular formula is C22H21ClFN5. The quantitative estimate of drug-likeness (QED) is 0.459. The third-order valence-electron chi connectivity index (χ3n) is 5.02. The molecule has 0 saturated carbocycles. The Bertz CT molecular complexity index is 1120. The van der Waals surface area contributed by atoms with Gasteiger partial charge < -0.3 is 5.32 Å². The molecule has 0 aliphatic carbocycles. The van der Waals surface area contributed by atoms with E-state index in [1.54, 1.807) is 10.7 Å². The predicted octanol–water partition coefficient (Wildman–Crippen LogP) is 5.21. The first kappa shape index (κ1) is 19.4. The summed E-state index contributed by atoms with van der Waals surface area (Å²) in [5, 5.41) is 15.9. The van der Waals surface area contributed by atoms with Gasteiger partial charge in [0.05, 0.1) is 23.8 Å². The van der Waals surface area contributed by atoms with E-state index in [1.165, 1.54) is 12.1 Å². The Hall–Kier alpha value is -2.96. The number of hydrogen-bond donors (Lipinski definition) is 2. The van der Waals surface area contributed by atoms with Crippen LogP contribution in [0.5, 0.6) is 0 Å². The summed E-state index contributed by atoms with van der Waals surface area (Å²) in [4.78, 5) is 0. The number of rotatable bonds is 6. The second-order valence-corrected chi connectivity index (χ2v) is 7.39. The summed E-state index contributed by atoms with van der Waals surface area (Å²) in [5.74, 6) is -0.278. The number of aromatic amines is 1. The number of aromatic nitrogens is 4. The van der Waals surface area contributed by atoms with Gasteiger partial charge in [-0.1, -0.05) is 29.8 Å². The van der Waals surface area contributed by atoms with E-state index in [2.05, 4.69) is 27.5 Å². The van der Waals surface area contributed by atoms with Gasteiger partial charge in [-0.15, -0.1) is 0 Å². The minimum Gasteiger partial charge on any atom is -0.306 e. The summed E-state index contributed by atoms with van der Waals surface area (Å²) in [5.41, 5.74) is 5.81. The SMILES string of the molecule is Cc1c(C(C)NCc2cn[nH]c2-c2ccc(Cl)cc2)cnn1-c1cccc(F)c1. The molecule has 5 nitrogen and oxygen atoms in total. The molecule has 2 N–H and O–H groups in total. The Labute approximate surface area is 173 Å². The molecule has 0 saturated heterocycles. The van der Waals surface area contributed by atoms with Crippen molar-refractivity contribution in [2.24, 2.45) is 0 Å². The van der Waals surface area contributed by atoms with Gasteiger partial charge in [0.1, 0.15) is 5.82 Å². The number of benzene rings is 2. The first-order valence-corrected chi connectivity index (χ1v) is 9.73. The topological polar surface area (TPSA) is 58.5 Å². The molecular weight excluding hydrogens is 389 g/mol. The maximum absolute atomic E-state index is 13.6. The van der Waals surface area contributed by atoms with Crippen molar-refractivity contribution in [2.45, 2.75) is 26.4 Å². The van der Waals surface area contributed by atoms with Crippen LogP contribution in [-0.4, -0.2) is 20.0 Å². The molecule has 2 heterocycles. The smallest absolute Gasteiger partial charge is 0.125 e. The normalized spacial score (nSPS) is 12.3. The molecule has 0 spiro atoms. The zero-order valence-electron chi connectivity index (χ0n) is 16.2. The van der Waals surface area contributed by atoms with Crippen LogP contribution in [0.3, 0.4) is 0 Å². The fourth-order valence-corrected chi connectivity index (χ4v) is 3.53. The van der Waals surface area contributed by atoms with Gasteiger partial charge in [-0.25, -0.2) is 9.07 Å². The average Bonchev–Trinajstić information content (AvgIpc) is 3.33.